The summed E-state index contributed by atoms with van der Waals surface area (Å²) in [7, 11) is 0. The molecule has 5 nitrogen and oxygen atoms in total. The Hall–Kier alpha value is -2.45. The highest BCUT2D eigenvalue weighted by molar-refractivity contribution is 5.85. The standard InChI is InChI=1S/C14H12F4N2O3/c1-13(2,15)11-9-5-7(14(16,17)18)3-4-8(9)12(23)20(19-11)6-10(21)22/h3-5H,6H2,1-2H3,(H,21,22). The van der Waals surface area contributed by atoms with Crippen molar-refractivity contribution in [1.82, 2.24) is 9.78 Å². The average Bonchev–Trinajstić information content (AvgIpc) is 2.38. The second-order valence-electron chi connectivity index (χ2n) is 5.44. The summed E-state index contributed by atoms with van der Waals surface area (Å²) in [5.41, 5.74) is -4.55. The third-order valence-electron chi connectivity index (χ3n) is 3.14. The largest absolute Gasteiger partial charge is 0.480 e. The molecule has 0 unspecified atom stereocenters. The van der Waals surface area contributed by atoms with Crippen LogP contribution < -0.4 is 5.56 Å². The van der Waals surface area contributed by atoms with Crippen LogP contribution in [0.15, 0.2) is 23.0 Å². The molecule has 1 heterocycles. The minimum atomic E-state index is -4.66. The van der Waals surface area contributed by atoms with E-state index in [2.05, 4.69) is 5.10 Å². The molecule has 0 aliphatic carbocycles. The molecule has 0 atom stereocenters. The Morgan fingerprint density at radius 2 is 1.83 bits per heavy atom. The van der Waals surface area contributed by atoms with Gasteiger partial charge in [0.15, 0.2) is 0 Å². The third-order valence-corrected chi connectivity index (χ3v) is 3.14. The first-order valence-electron chi connectivity index (χ1n) is 6.44. The van der Waals surface area contributed by atoms with Crippen LogP contribution >= 0.6 is 0 Å². The van der Waals surface area contributed by atoms with E-state index in [1.165, 1.54) is 0 Å². The molecule has 0 amide bonds. The van der Waals surface area contributed by atoms with Crippen LogP contribution in [0.25, 0.3) is 10.8 Å². The van der Waals surface area contributed by atoms with Gasteiger partial charge >= 0.3 is 12.1 Å². The van der Waals surface area contributed by atoms with Crippen LogP contribution in [0.2, 0.25) is 0 Å². The minimum Gasteiger partial charge on any atom is -0.480 e. The van der Waals surface area contributed by atoms with E-state index in [0.29, 0.717) is 16.8 Å². The van der Waals surface area contributed by atoms with Crippen molar-refractivity contribution >= 4 is 16.7 Å². The number of halogens is 4. The fourth-order valence-corrected chi connectivity index (χ4v) is 2.14. The van der Waals surface area contributed by atoms with Gasteiger partial charge in [-0.25, -0.2) is 9.07 Å². The molecular weight excluding hydrogens is 320 g/mol. The van der Waals surface area contributed by atoms with E-state index in [1.54, 1.807) is 0 Å². The highest BCUT2D eigenvalue weighted by Gasteiger charge is 2.33. The molecule has 0 fully saturated rings. The van der Waals surface area contributed by atoms with Gasteiger partial charge in [-0.1, -0.05) is 0 Å². The Morgan fingerprint density at radius 3 is 2.30 bits per heavy atom. The number of aromatic nitrogens is 2. The zero-order chi connectivity index (χ0) is 17.6. The monoisotopic (exact) mass is 332 g/mol. The first-order valence-corrected chi connectivity index (χ1v) is 6.44. The molecule has 23 heavy (non-hydrogen) atoms. The van der Waals surface area contributed by atoms with Crippen molar-refractivity contribution in [2.24, 2.45) is 0 Å². The van der Waals surface area contributed by atoms with Crippen LogP contribution in [0.1, 0.15) is 25.1 Å². The summed E-state index contributed by atoms with van der Waals surface area (Å²) >= 11 is 0. The van der Waals surface area contributed by atoms with Gasteiger partial charge in [0, 0.05) is 5.39 Å². The molecule has 2 rings (SSSR count). The van der Waals surface area contributed by atoms with Gasteiger partial charge in [-0.2, -0.15) is 18.3 Å². The molecule has 0 aliphatic rings. The average molecular weight is 332 g/mol. The van der Waals surface area contributed by atoms with Crippen molar-refractivity contribution < 1.29 is 27.5 Å². The highest BCUT2D eigenvalue weighted by Crippen LogP contribution is 2.34. The van der Waals surface area contributed by atoms with E-state index in [0.717, 1.165) is 19.9 Å². The molecular formula is C14H12F4N2O3. The van der Waals surface area contributed by atoms with Gasteiger partial charge in [0.25, 0.3) is 5.56 Å². The Bertz CT molecular complexity index is 835. The number of alkyl halides is 4. The van der Waals surface area contributed by atoms with E-state index in [-0.39, 0.29) is 10.8 Å². The van der Waals surface area contributed by atoms with Gasteiger partial charge in [-0.3, -0.25) is 9.59 Å². The summed E-state index contributed by atoms with van der Waals surface area (Å²) in [4.78, 5) is 22.9. The minimum absolute atomic E-state index is 0.227. The lowest BCUT2D eigenvalue weighted by Gasteiger charge is -2.18. The van der Waals surface area contributed by atoms with Gasteiger partial charge in [0.05, 0.1) is 10.9 Å². The Morgan fingerprint density at radius 1 is 1.22 bits per heavy atom. The van der Waals surface area contributed by atoms with Crippen molar-refractivity contribution in [2.45, 2.75) is 32.2 Å². The van der Waals surface area contributed by atoms with E-state index in [4.69, 9.17) is 5.11 Å². The maximum Gasteiger partial charge on any atom is 0.416 e. The zero-order valence-corrected chi connectivity index (χ0v) is 12.1. The van der Waals surface area contributed by atoms with E-state index < -0.39 is 41.2 Å². The number of benzene rings is 1. The summed E-state index contributed by atoms with van der Waals surface area (Å²) in [6.45, 7) is 1.30. The SMILES string of the molecule is CC(C)(F)c1nn(CC(=O)O)c(=O)c2ccc(C(F)(F)F)cc12. The summed E-state index contributed by atoms with van der Waals surface area (Å²) in [5.74, 6) is -1.38. The Balaban J connectivity index is 2.88. The molecule has 124 valence electrons. The summed E-state index contributed by atoms with van der Waals surface area (Å²) in [5, 5.41) is 11.9. The second kappa shape index (κ2) is 5.32. The molecule has 2 aromatic rings. The maximum absolute atomic E-state index is 14.3. The normalized spacial score (nSPS) is 12.6. The van der Waals surface area contributed by atoms with Crippen LogP contribution in [0.5, 0.6) is 0 Å². The fourth-order valence-electron chi connectivity index (χ4n) is 2.14. The van der Waals surface area contributed by atoms with Gasteiger partial charge in [0.1, 0.15) is 17.9 Å². The number of hydrogen-bond acceptors (Lipinski definition) is 3. The van der Waals surface area contributed by atoms with E-state index in [1.807, 2.05) is 0 Å². The number of carbonyl (C=O) groups is 1. The van der Waals surface area contributed by atoms with E-state index in [9.17, 15) is 27.2 Å². The number of aliphatic carboxylic acids is 1. The van der Waals surface area contributed by atoms with Gasteiger partial charge in [-0.05, 0) is 32.0 Å². The number of nitrogens with zero attached hydrogens (tertiary/aromatic N) is 2. The first kappa shape index (κ1) is 16.9. The lowest BCUT2D eigenvalue weighted by Crippen LogP contribution is -2.30. The van der Waals surface area contributed by atoms with Crippen LogP contribution in [0.3, 0.4) is 0 Å². The molecule has 1 aromatic heterocycles. The first-order chi connectivity index (χ1) is 10.4. The molecule has 1 aromatic carbocycles. The van der Waals surface area contributed by atoms with E-state index >= 15 is 0 Å². The number of carboxylic acid groups (broad SMARTS) is 1. The maximum atomic E-state index is 14.3. The molecule has 0 aliphatic heterocycles. The van der Waals surface area contributed by atoms with Crippen molar-refractivity contribution in [3.63, 3.8) is 0 Å². The summed E-state index contributed by atoms with van der Waals surface area (Å²) in [6.07, 6.45) is -4.66. The smallest absolute Gasteiger partial charge is 0.416 e. The van der Waals surface area contributed by atoms with Crippen molar-refractivity contribution in [1.29, 1.82) is 0 Å². The molecule has 0 saturated heterocycles. The molecule has 0 radical (unpaired) electrons. The topological polar surface area (TPSA) is 72.2 Å². The van der Waals surface area contributed by atoms with Crippen LogP contribution in [0, 0.1) is 0 Å². The summed E-state index contributed by atoms with van der Waals surface area (Å²) in [6, 6.07) is 2.23. The molecule has 0 saturated carbocycles. The predicted octanol–water partition coefficient (Wildman–Crippen LogP) is 2.70. The number of rotatable bonds is 3. The van der Waals surface area contributed by atoms with Crippen molar-refractivity contribution in [3.8, 4) is 0 Å². The van der Waals surface area contributed by atoms with Crippen LogP contribution in [-0.2, 0) is 23.2 Å². The number of hydrogen-bond donors (Lipinski definition) is 1. The third kappa shape index (κ3) is 3.33. The zero-order valence-electron chi connectivity index (χ0n) is 12.1. The number of fused-ring (bicyclic) bond motifs is 1. The van der Waals surface area contributed by atoms with Crippen molar-refractivity contribution in [3.05, 3.63) is 39.8 Å². The lowest BCUT2D eigenvalue weighted by atomic mass is 9.99. The molecule has 0 bridgehead atoms. The fraction of sp³-hybridized carbons (Fsp3) is 0.357. The quantitative estimate of drug-likeness (QED) is 0.877. The molecule has 9 heteroatoms. The molecule has 0 spiro atoms. The molecule has 1 N–H and O–H groups in total. The van der Waals surface area contributed by atoms with Crippen LogP contribution in [-0.4, -0.2) is 20.9 Å². The van der Waals surface area contributed by atoms with Gasteiger partial charge in [0.2, 0.25) is 0 Å². The Labute approximate surface area is 127 Å². The van der Waals surface area contributed by atoms with Crippen LogP contribution in [0.4, 0.5) is 17.6 Å². The lowest BCUT2D eigenvalue weighted by molar-refractivity contribution is -0.138. The van der Waals surface area contributed by atoms with Crippen molar-refractivity contribution in [2.75, 3.05) is 0 Å². The van der Waals surface area contributed by atoms with Gasteiger partial charge in [-0.15, -0.1) is 0 Å². The Kier molecular flexibility index (Phi) is 3.91. The highest BCUT2D eigenvalue weighted by atomic mass is 19.4. The predicted molar refractivity (Wildman–Crippen MR) is 72.8 cm³/mol. The number of carboxylic acids is 1. The summed E-state index contributed by atoms with van der Waals surface area (Å²) < 4.78 is 53.3. The van der Waals surface area contributed by atoms with Gasteiger partial charge < -0.3 is 5.11 Å². The second-order valence-corrected chi connectivity index (χ2v) is 5.44.